The van der Waals surface area contributed by atoms with Gasteiger partial charge in [-0.05, 0) is 85.5 Å². The van der Waals surface area contributed by atoms with Gasteiger partial charge in [0, 0.05) is 16.8 Å². The molecule has 0 heterocycles. The molecule has 0 unspecified atom stereocenters. The summed E-state index contributed by atoms with van der Waals surface area (Å²) in [5.74, 6) is 0. The maximum Gasteiger partial charge on any atom is 0.0645 e. The highest BCUT2D eigenvalue weighted by Crippen LogP contribution is 2.55. The molecule has 0 atom stereocenters. The second-order valence-electron chi connectivity index (χ2n) is 10.6. The Morgan fingerprint density at radius 2 is 1.25 bits per heavy atom. The van der Waals surface area contributed by atoms with Crippen molar-refractivity contribution < 1.29 is 27.4 Å². The van der Waals surface area contributed by atoms with Gasteiger partial charge in [0.15, 0.2) is 0 Å². The van der Waals surface area contributed by atoms with Gasteiger partial charge < -0.3 is 4.90 Å². The van der Waals surface area contributed by atoms with Crippen molar-refractivity contribution in [2.45, 2.75) is 19.3 Å². The summed E-state index contributed by atoms with van der Waals surface area (Å²) in [4.78, 5) is 0.982. The van der Waals surface area contributed by atoms with Gasteiger partial charge in [0.25, 0.3) is 0 Å². The molecule has 1 aliphatic rings. The quantitative estimate of drug-likeness (QED) is 0.195. The van der Waals surface area contributed by atoms with Crippen LogP contribution in [0.25, 0.3) is 44.2 Å². The first kappa shape index (κ1) is 12.7. The molecule has 0 saturated carbocycles. The SMILES string of the molecule is [2H]c1cc([2H])c([2H])c(-c2cc([2H])c(N(c3c([2H])c([2H])cc([2H])c3[2H])c3c([2H])ccc4c3C(C)(C)c3c([2H])c([2H])cc5c([2H])cc(-c6c([2H])c([2H])c([2H])c([2H])c6[2H])c-4c35)c([2H])c2[2H])c1[2H]. The van der Waals surface area contributed by atoms with E-state index < -0.39 is 113 Å². The summed E-state index contributed by atoms with van der Waals surface area (Å²) < 4.78 is 178. The molecule has 0 bridgehead atoms. The second kappa shape index (κ2) is 10.4. The zero-order valence-corrected chi connectivity index (χ0v) is 23.5. The maximum absolute atomic E-state index is 9.60. The zero-order valence-electron chi connectivity index (χ0n) is 43.5. The molecule has 7 aromatic carbocycles. The van der Waals surface area contributed by atoms with Crippen LogP contribution in [-0.4, -0.2) is 0 Å². The Bertz CT molecular complexity index is 3190. The van der Waals surface area contributed by atoms with Crippen LogP contribution in [0.5, 0.6) is 0 Å². The number of hydrogen-bond donors (Lipinski definition) is 0. The number of anilines is 3. The Hall–Kier alpha value is -5.40. The van der Waals surface area contributed by atoms with Gasteiger partial charge >= 0.3 is 0 Å². The molecule has 210 valence electrons. The minimum absolute atomic E-state index is 0.0354. The predicted octanol–water partition coefficient (Wildman–Crippen LogP) is 11.9. The third-order valence-electron chi connectivity index (χ3n) is 7.76. The Balaban J connectivity index is 1.60. The lowest BCUT2D eigenvalue weighted by atomic mass is 9.66. The third kappa shape index (κ3) is 4.16. The van der Waals surface area contributed by atoms with Crippen LogP contribution in [0.2, 0.25) is 0 Å². The summed E-state index contributed by atoms with van der Waals surface area (Å²) >= 11 is 0. The van der Waals surface area contributed by atoms with Gasteiger partial charge in [-0.2, -0.15) is 0 Å². The van der Waals surface area contributed by atoms with Crippen molar-refractivity contribution in [2.75, 3.05) is 4.90 Å². The van der Waals surface area contributed by atoms with E-state index in [-0.39, 0.29) is 85.1 Å². The molecule has 0 fully saturated rings. The first-order chi connectivity index (χ1) is 29.9. The average molecular weight is 584 g/mol. The van der Waals surface area contributed by atoms with Gasteiger partial charge in [-0.1, -0.05) is 147 Å². The fourth-order valence-electron chi connectivity index (χ4n) is 5.88. The topological polar surface area (TPSA) is 3.24 Å². The molecule has 0 aliphatic heterocycles. The van der Waals surface area contributed by atoms with Gasteiger partial charge in [-0.25, -0.2) is 0 Å². The minimum Gasteiger partial charge on any atom is -0.310 e. The van der Waals surface area contributed by atoms with E-state index in [1.807, 2.05) is 0 Å². The van der Waals surface area contributed by atoms with Crippen molar-refractivity contribution in [3.05, 3.63) is 174 Å². The number of fused-ring (bicyclic) bond motifs is 2. The van der Waals surface area contributed by atoms with E-state index >= 15 is 0 Å². The van der Waals surface area contributed by atoms with Crippen molar-refractivity contribution in [3.63, 3.8) is 0 Å². The van der Waals surface area contributed by atoms with Crippen molar-refractivity contribution in [3.8, 4) is 33.4 Å². The molecule has 1 nitrogen and oxygen atoms in total. The second-order valence-corrected chi connectivity index (χ2v) is 10.6. The number of hydrogen-bond acceptors (Lipinski definition) is 1. The van der Waals surface area contributed by atoms with E-state index in [1.165, 1.54) is 24.3 Å². The third-order valence-corrected chi connectivity index (χ3v) is 7.76. The first-order valence-corrected chi connectivity index (χ1v) is 13.7. The fraction of sp³-hybridized carbons (Fsp3) is 0.0698. The molecular formula is C43H33N. The van der Waals surface area contributed by atoms with Crippen LogP contribution in [0, 0.1) is 0 Å². The fourth-order valence-corrected chi connectivity index (χ4v) is 5.88. The van der Waals surface area contributed by atoms with Crippen molar-refractivity contribution in [1.82, 2.24) is 0 Å². The average Bonchev–Trinajstić information content (AvgIpc) is 3.22. The number of benzene rings is 7. The summed E-state index contributed by atoms with van der Waals surface area (Å²) in [6.45, 7) is 3.28. The standard InChI is InChI=1S/C43H33N/c1-43(2)38-22-12-18-33-26-29-36(32-16-8-4-9-17-32)41(40(33)38)37-21-13-23-39(42(37)43)44(34-19-10-5-11-20-34)35-27-24-31(25-28-35)30-14-6-3-7-15-30/h3-29H,1-2H3/i4D,6D,7D,8D,9D,10D,11D,12D,14D,15D,16D,17D,19D,20D,22D,23D,24D,26D,27D,28D. The summed E-state index contributed by atoms with van der Waals surface area (Å²) in [6.07, 6.45) is 0. The summed E-state index contributed by atoms with van der Waals surface area (Å²) in [7, 11) is 0. The van der Waals surface area contributed by atoms with E-state index in [1.54, 1.807) is 13.8 Å². The molecule has 0 aromatic heterocycles. The highest BCUT2D eigenvalue weighted by Gasteiger charge is 2.38. The van der Waals surface area contributed by atoms with Gasteiger partial charge in [0.2, 0.25) is 0 Å². The predicted molar refractivity (Wildman–Crippen MR) is 187 cm³/mol. The molecule has 0 N–H and O–H groups in total. The Morgan fingerprint density at radius 3 is 2.05 bits per heavy atom. The van der Waals surface area contributed by atoms with Crippen LogP contribution in [0.1, 0.15) is 52.4 Å². The summed E-state index contributed by atoms with van der Waals surface area (Å²) in [6, 6.07) is -2.70. The van der Waals surface area contributed by atoms with E-state index in [4.69, 9.17) is 17.8 Å². The monoisotopic (exact) mass is 583 g/mol. The minimum atomic E-state index is -1.52. The molecular weight excluding hydrogens is 530 g/mol. The largest absolute Gasteiger partial charge is 0.310 e. The summed E-state index contributed by atoms with van der Waals surface area (Å²) in [5.41, 5.74) is -3.42. The molecule has 0 saturated heterocycles. The molecule has 44 heavy (non-hydrogen) atoms. The van der Waals surface area contributed by atoms with Crippen LogP contribution < -0.4 is 4.90 Å². The van der Waals surface area contributed by atoms with E-state index in [0.717, 1.165) is 23.1 Å². The van der Waals surface area contributed by atoms with Gasteiger partial charge in [-0.3, -0.25) is 0 Å². The van der Waals surface area contributed by atoms with Crippen LogP contribution in [0.15, 0.2) is 163 Å². The summed E-state index contributed by atoms with van der Waals surface area (Å²) in [5, 5.41) is 0.415. The van der Waals surface area contributed by atoms with E-state index in [2.05, 4.69) is 0 Å². The smallest absolute Gasteiger partial charge is 0.0645 e. The highest BCUT2D eigenvalue weighted by atomic mass is 15.1. The van der Waals surface area contributed by atoms with Crippen LogP contribution in [0.4, 0.5) is 17.1 Å². The number of rotatable bonds is 5. The Labute approximate surface area is 287 Å². The maximum atomic E-state index is 9.60. The van der Waals surface area contributed by atoms with Crippen LogP contribution in [-0.2, 0) is 5.41 Å². The molecule has 1 aliphatic carbocycles. The lowest BCUT2D eigenvalue weighted by Crippen LogP contribution is -2.27. The van der Waals surface area contributed by atoms with Crippen molar-refractivity contribution in [2.24, 2.45) is 0 Å². The first-order valence-electron chi connectivity index (χ1n) is 23.7. The van der Waals surface area contributed by atoms with Gasteiger partial charge in [-0.15, -0.1) is 0 Å². The van der Waals surface area contributed by atoms with Crippen molar-refractivity contribution in [1.29, 1.82) is 0 Å². The van der Waals surface area contributed by atoms with Crippen LogP contribution >= 0.6 is 0 Å². The molecule has 7 aromatic rings. The molecule has 0 spiro atoms. The lowest BCUT2D eigenvalue weighted by Gasteiger charge is -2.40. The molecule has 0 radical (unpaired) electrons. The van der Waals surface area contributed by atoms with Crippen LogP contribution in [0.3, 0.4) is 0 Å². The molecule has 0 amide bonds. The number of para-hydroxylation sites is 1. The van der Waals surface area contributed by atoms with E-state index in [9.17, 15) is 9.60 Å². The van der Waals surface area contributed by atoms with Gasteiger partial charge in [0.05, 0.1) is 33.1 Å². The highest BCUT2D eigenvalue weighted by molar-refractivity contribution is 6.10. The lowest BCUT2D eigenvalue weighted by molar-refractivity contribution is 0.646. The molecule has 1 heteroatoms. The molecule has 8 rings (SSSR count). The Kier molecular flexibility index (Phi) is 3.00. The zero-order chi connectivity index (χ0) is 47.1. The van der Waals surface area contributed by atoms with Crippen molar-refractivity contribution >= 4 is 27.8 Å². The number of nitrogens with zero attached hydrogens (tertiary/aromatic N) is 1. The van der Waals surface area contributed by atoms with E-state index in [0.29, 0.717) is 0 Å². The Morgan fingerprint density at radius 1 is 0.523 bits per heavy atom. The van der Waals surface area contributed by atoms with Gasteiger partial charge in [0.1, 0.15) is 0 Å². The normalized spacial score (nSPS) is 19.3.